The second-order valence-electron chi connectivity index (χ2n) is 2.44. The van der Waals surface area contributed by atoms with Crippen LogP contribution in [0.3, 0.4) is 0 Å². The molecule has 0 saturated carbocycles. The van der Waals surface area contributed by atoms with Gasteiger partial charge in [-0.2, -0.15) is 0 Å². The maximum absolute atomic E-state index is 5.51. The second-order valence-corrected chi connectivity index (χ2v) is 2.82. The SMILES string of the molecule is Cc1nc(=S)[nH]c(C)c1CN. The largest absolute Gasteiger partial charge is 0.334 e. The fourth-order valence-electron chi connectivity index (χ4n) is 1.06. The minimum Gasteiger partial charge on any atom is -0.334 e. The normalized spacial score (nSPS) is 10.1. The van der Waals surface area contributed by atoms with Crippen molar-refractivity contribution in [3.05, 3.63) is 21.7 Å². The minimum absolute atomic E-state index is 0.511. The monoisotopic (exact) mass is 169 g/mol. The van der Waals surface area contributed by atoms with Gasteiger partial charge in [0.05, 0.1) is 0 Å². The van der Waals surface area contributed by atoms with Crippen molar-refractivity contribution in [3.8, 4) is 0 Å². The standard InChI is InChI=1S/C7H11N3S/c1-4-6(3-8)5(2)10-7(11)9-4/h3,8H2,1-2H3,(H,9,10,11). The first-order valence-corrected chi connectivity index (χ1v) is 3.82. The molecule has 0 bridgehead atoms. The molecule has 1 rings (SSSR count). The Morgan fingerprint density at radius 1 is 1.55 bits per heavy atom. The number of aromatic amines is 1. The van der Waals surface area contributed by atoms with E-state index in [0.717, 1.165) is 17.0 Å². The van der Waals surface area contributed by atoms with Crippen LogP contribution < -0.4 is 5.73 Å². The average Bonchev–Trinajstić information content (AvgIpc) is 1.85. The van der Waals surface area contributed by atoms with E-state index in [1.807, 2.05) is 13.8 Å². The summed E-state index contributed by atoms with van der Waals surface area (Å²) in [5.41, 5.74) is 8.51. The van der Waals surface area contributed by atoms with Gasteiger partial charge in [0.1, 0.15) is 0 Å². The topological polar surface area (TPSA) is 54.7 Å². The van der Waals surface area contributed by atoms with Gasteiger partial charge in [0.25, 0.3) is 0 Å². The number of rotatable bonds is 1. The zero-order valence-corrected chi connectivity index (χ0v) is 7.46. The van der Waals surface area contributed by atoms with Gasteiger partial charge in [0, 0.05) is 23.5 Å². The van der Waals surface area contributed by atoms with Crippen molar-refractivity contribution in [3.63, 3.8) is 0 Å². The van der Waals surface area contributed by atoms with Crippen LogP contribution in [0.4, 0.5) is 0 Å². The van der Waals surface area contributed by atoms with E-state index in [9.17, 15) is 0 Å². The van der Waals surface area contributed by atoms with Gasteiger partial charge in [-0.05, 0) is 26.1 Å². The summed E-state index contributed by atoms with van der Waals surface area (Å²) >= 11 is 4.89. The molecular weight excluding hydrogens is 158 g/mol. The van der Waals surface area contributed by atoms with Crippen LogP contribution in [0, 0.1) is 18.6 Å². The van der Waals surface area contributed by atoms with Crippen molar-refractivity contribution in [1.82, 2.24) is 9.97 Å². The van der Waals surface area contributed by atoms with E-state index < -0.39 is 0 Å². The van der Waals surface area contributed by atoms with Crippen LogP contribution in [-0.4, -0.2) is 9.97 Å². The zero-order valence-electron chi connectivity index (χ0n) is 6.64. The molecule has 0 aliphatic rings. The molecule has 0 aromatic carbocycles. The Kier molecular flexibility index (Phi) is 2.36. The van der Waals surface area contributed by atoms with E-state index in [4.69, 9.17) is 18.0 Å². The fourth-order valence-corrected chi connectivity index (χ4v) is 1.35. The Hall–Kier alpha value is -0.740. The van der Waals surface area contributed by atoms with E-state index >= 15 is 0 Å². The van der Waals surface area contributed by atoms with E-state index in [-0.39, 0.29) is 0 Å². The number of aryl methyl sites for hydroxylation is 2. The molecule has 1 aromatic heterocycles. The van der Waals surface area contributed by atoms with Crippen molar-refractivity contribution in [2.75, 3.05) is 0 Å². The van der Waals surface area contributed by atoms with Crippen LogP contribution >= 0.6 is 12.2 Å². The Labute approximate surface area is 70.7 Å². The predicted octanol–water partition coefficient (Wildman–Crippen LogP) is 1.21. The molecular formula is C7H11N3S. The van der Waals surface area contributed by atoms with Crippen LogP contribution in [0.1, 0.15) is 17.0 Å². The van der Waals surface area contributed by atoms with Gasteiger partial charge >= 0.3 is 0 Å². The summed E-state index contributed by atoms with van der Waals surface area (Å²) in [5.74, 6) is 0. The lowest BCUT2D eigenvalue weighted by Crippen LogP contribution is -2.05. The summed E-state index contributed by atoms with van der Waals surface area (Å²) < 4.78 is 0.525. The van der Waals surface area contributed by atoms with Crippen LogP contribution in [0.15, 0.2) is 0 Å². The molecule has 11 heavy (non-hydrogen) atoms. The highest BCUT2D eigenvalue weighted by Crippen LogP contribution is 2.06. The molecule has 3 nitrogen and oxygen atoms in total. The van der Waals surface area contributed by atoms with Gasteiger partial charge in [-0.25, -0.2) is 4.98 Å². The molecule has 3 N–H and O–H groups in total. The van der Waals surface area contributed by atoms with Crippen molar-refractivity contribution in [1.29, 1.82) is 0 Å². The molecule has 0 amide bonds. The van der Waals surface area contributed by atoms with Gasteiger partial charge in [0.2, 0.25) is 0 Å². The smallest absolute Gasteiger partial charge is 0.197 e. The lowest BCUT2D eigenvalue weighted by atomic mass is 10.2. The van der Waals surface area contributed by atoms with Gasteiger partial charge in [-0.15, -0.1) is 0 Å². The highest BCUT2D eigenvalue weighted by molar-refractivity contribution is 7.71. The third-order valence-corrected chi connectivity index (χ3v) is 1.85. The molecule has 0 radical (unpaired) electrons. The first-order chi connectivity index (χ1) is 5.15. The van der Waals surface area contributed by atoms with Crippen molar-refractivity contribution < 1.29 is 0 Å². The number of nitrogens with zero attached hydrogens (tertiary/aromatic N) is 1. The van der Waals surface area contributed by atoms with Crippen LogP contribution in [-0.2, 0) is 6.54 Å². The number of H-pyrrole nitrogens is 1. The molecule has 0 saturated heterocycles. The molecule has 60 valence electrons. The summed E-state index contributed by atoms with van der Waals surface area (Å²) in [4.78, 5) is 7.04. The van der Waals surface area contributed by atoms with E-state index in [1.165, 1.54) is 0 Å². The minimum atomic E-state index is 0.511. The van der Waals surface area contributed by atoms with E-state index in [2.05, 4.69) is 9.97 Å². The quantitative estimate of drug-likeness (QED) is 0.621. The van der Waals surface area contributed by atoms with Gasteiger partial charge in [-0.3, -0.25) is 0 Å². The van der Waals surface area contributed by atoms with Crippen molar-refractivity contribution in [2.24, 2.45) is 5.73 Å². The summed E-state index contributed by atoms with van der Waals surface area (Å²) in [6.07, 6.45) is 0. The Morgan fingerprint density at radius 3 is 2.64 bits per heavy atom. The number of nitrogens with one attached hydrogen (secondary N) is 1. The second kappa shape index (κ2) is 3.11. The van der Waals surface area contributed by atoms with Crippen LogP contribution in [0.5, 0.6) is 0 Å². The van der Waals surface area contributed by atoms with Gasteiger partial charge < -0.3 is 10.7 Å². The average molecular weight is 169 g/mol. The highest BCUT2D eigenvalue weighted by atomic mass is 32.1. The Balaban J connectivity index is 3.36. The number of hydrogen-bond acceptors (Lipinski definition) is 3. The first kappa shape index (κ1) is 8.36. The third kappa shape index (κ3) is 1.64. The highest BCUT2D eigenvalue weighted by Gasteiger charge is 2.00. The number of hydrogen-bond donors (Lipinski definition) is 2. The lowest BCUT2D eigenvalue weighted by Gasteiger charge is -2.04. The van der Waals surface area contributed by atoms with Crippen molar-refractivity contribution in [2.45, 2.75) is 20.4 Å². The Bertz CT molecular complexity index is 290. The number of nitrogens with two attached hydrogens (primary N) is 1. The van der Waals surface area contributed by atoms with Crippen LogP contribution in [0.25, 0.3) is 0 Å². The summed E-state index contributed by atoms with van der Waals surface area (Å²) in [6.45, 7) is 4.38. The molecule has 0 fully saturated rings. The molecule has 0 atom stereocenters. The summed E-state index contributed by atoms with van der Waals surface area (Å²) in [7, 11) is 0. The molecule has 1 aromatic rings. The van der Waals surface area contributed by atoms with Crippen LogP contribution in [0.2, 0.25) is 0 Å². The van der Waals surface area contributed by atoms with Gasteiger partial charge in [-0.1, -0.05) is 0 Å². The van der Waals surface area contributed by atoms with Crippen molar-refractivity contribution >= 4 is 12.2 Å². The molecule has 0 unspecified atom stereocenters. The number of aromatic nitrogens is 2. The lowest BCUT2D eigenvalue weighted by molar-refractivity contribution is 0.922. The molecule has 0 aliphatic carbocycles. The molecule has 4 heteroatoms. The molecule has 0 spiro atoms. The molecule has 1 heterocycles. The first-order valence-electron chi connectivity index (χ1n) is 3.41. The van der Waals surface area contributed by atoms with E-state index in [0.29, 0.717) is 11.3 Å². The summed E-state index contributed by atoms with van der Waals surface area (Å²) in [5, 5.41) is 0. The maximum atomic E-state index is 5.51. The summed E-state index contributed by atoms with van der Waals surface area (Å²) in [6, 6.07) is 0. The maximum Gasteiger partial charge on any atom is 0.197 e. The van der Waals surface area contributed by atoms with Gasteiger partial charge in [0.15, 0.2) is 4.77 Å². The Morgan fingerprint density at radius 2 is 2.18 bits per heavy atom. The zero-order chi connectivity index (χ0) is 8.43. The molecule has 0 aliphatic heterocycles. The predicted molar refractivity (Wildman–Crippen MR) is 46.8 cm³/mol. The third-order valence-electron chi connectivity index (χ3n) is 1.66. The van der Waals surface area contributed by atoms with E-state index in [1.54, 1.807) is 0 Å². The fraction of sp³-hybridized carbons (Fsp3) is 0.429.